The van der Waals surface area contributed by atoms with Gasteiger partial charge in [0, 0.05) is 38.9 Å². The number of rotatable bonds is 4. The summed E-state index contributed by atoms with van der Waals surface area (Å²) in [5, 5.41) is 8.98. The Morgan fingerprint density at radius 1 is 1.41 bits per heavy atom. The molecule has 22 heavy (non-hydrogen) atoms. The maximum absolute atomic E-state index is 8.98. The summed E-state index contributed by atoms with van der Waals surface area (Å²) in [4.78, 5) is 12.9. The van der Waals surface area contributed by atoms with Crippen molar-refractivity contribution in [2.75, 3.05) is 25.0 Å². The van der Waals surface area contributed by atoms with Gasteiger partial charge in [-0.3, -0.25) is 4.90 Å². The van der Waals surface area contributed by atoms with Gasteiger partial charge >= 0.3 is 0 Å². The van der Waals surface area contributed by atoms with Gasteiger partial charge in [-0.15, -0.1) is 0 Å². The summed E-state index contributed by atoms with van der Waals surface area (Å²) in [7, 11) is 2.09. The number of hydrogen-bond donors (Lipinski definition) is 0. The molecule has 1 fully saturated rings. The van der Waals surface area contributed by atoms with E-state index in [0.717, 1.165) is 37.4 Å². The van der Waals surface area contributed by atoms with Gasteiger partial charge in [-0.2, -0.15) is 5.26 Å². The first-order valence-electron chi connectivity index (χ1n) is 7.46. The van der Waals surface area contributed by atoms with Gasteiger partial charge in [0.05, 0.1) is 11.6 Å². The molecule has 5 nitrogen and oxygen atoms in total. The molecule has 0 amide bonds. The first-order chi connectivity index (χ1) is 10.8. The first kappa shape index (κ1) is 14.5. The highest BCUT2D eigenvalue weighted by atomic mass is 15.3. The monoisotopic (exact) mass is 293 g/mol. The van der Waals surface area contributed by atoms with Crippen LogP contribution in [0.4, 0.5) is 5.82 Å². The molecular weight excluding hydrogens is 274 g/mol. The second kappa shape index (κ2) is 6.54. The third kappa shape index (κ3) is 3.23. The van der Waals surface area contributed by atoms with E-state index in [1.54, 1.807) is 12.5 Å². The van der Waals surface area contributed by atoms with E-state index in [1.807, 2.05) is 24.3 Å². The smallest absolute Gasteiger partial charge is 0.131 e. The average molecular weight is 293 g/mol. The highest BCUT2D eigenvalue weighted by Crippen LogP contribution is 2.21. The number of nitrogens with zero attached hydrogens (tertiary/aromatic N) is 5. The van der Waals surface area contributed by atoms with E-state index in [0.29, 0.717) is 6.04 Å². The molecule has 1 unspecified atom stereocenters. The molecule has 1 aliphatic heterocycles. The molecule has 112 valence electrons. The first-order valence-corrected chi connectivity index (χ1v) is 7.46. The van der Waals surface area contributed by atoms with Crippen LogP contribution in [0.25, 0.3) is 0 Å². The van der Waals surface area contributed by atoms with E-state index < -0.39 is 0 Å². The second-order valence-electron chi connectivity index (χ2n) is 5.67. The van der Waals surface area contributed by atoms with Gasteiger partial charge in [0.2, 0.25) is 0 Å². The van der Waals surface area contributed by atoms with Gasteiger partial charge in [-0.1, -0.05) is 12.1 Å². The molecule has 0 N–H and O–H groups in total. The van der Waals surface area contributed by atoms with Gasteiger partial charge in [0.1, 0.15) is 12.1 Å². The van der Waals surface area contributed by atoms with E-state index >= 15 is 0 Å². The van der Waals surface area contributed by atoms with Crippen molar-refractivity contribution in [3.05, 3.63) is 54.0 Å². The maximum Gasteiger partial charge on any atom is 0.131 e. The van der Waals surface area contributed by atoms with Crippen molar-refractivity contribution in [2.24, 2.45) is 0 Å². The molecular formula is C17H19N5. The molecule has 1 atom stereocenters. The minimum absolute atomic E-state index is 0.467. The normalized spacial score (nSPS) is 18.1. The van der Waals surface area contributed by atoms with Crippen LogP contribution in [-0.4, -0.2) is 41.0 Å². The highest BCUT2D eigenvalue weighted by Gasteiger charge is 2.26. The minimum atomic E-state index is 0.467. The van der Waals surface area contributed by atoms with Crippen molar-refractivity contribution < 1.29 is 0 Å². The lowest BCUT2D eigenvalue weighted by molar-refractivity contribution is 0.326. The SMILES string of the molecule is CN(c1ccncn1)C1CCN(Cc2cccc(C#N)c2)C1. The number of likely N-dealkylation sites (N-methyl/N-ethyl adjacent to an activating group) is 1. The third-order valence-electron chi connectivity index (χ3n) is 4.19. The molecule has 1 aliphatic rings. The molecule has 2 heterocycles. The number of nitriles is 1. The molecule has 2 aromatic rings. The lowest BCUT2D eigenvalue weighted by atomic mass is 10.1. The van der Waals surface area contributed by atoms with E-state index in [1.165, 1.54) is 5.56 Å². The number of aromatic nitrogens is 2. The Morgan fingerprint density at radius 3 is 3.09 bits per heavy atom. The lowest BCUT2D eigenvalue weighted by Gasteiger charge is -2.25. The van der Waals surface area contributed by atoms with E-state index in [9.17, 15) is 0 Å². The fraction of sp³-hybridized carbons (Fsp3) is 0.353. The molecule has 1 saturated heterocycles. The molecule has 0 aliphatic carbocycles. The van der Waals surface area contributed by atoms with Gasteiger partial charge in [0.25, 0.3) is 0 Å². The van der Waals surface area contributed by atoms with Gasteiger partial charge in [-0.25, -0.2) is 9.97 Å². The van der Waals surface area contributed by atoms with Crippen LogP contribution in [0.2, 0.25) is 0 Å². The topological polar surface area (TPSA) is 56.1 Å². The fourth-order valence-electron chi connectivity index (χ4n) is 2.95. The van der Waals surface area contributed by atoms with Crippen LogP contribution in [0.5, 0.6) is 0 Å². The molecule has 5 heteroatoms. The van der Waals surface area contributed by atoms with Gasteiger partial charge in [0.15, 0.2) is 0 Å². The summed E-state index contributed by atoms with van der Waals surface area (Å²) in [6.45, 7) is 2.97. The number of hydrogen-bond acceptors (Lipinski definition) is 5. The minimum Gasteiger partial charge on any atom is -0.355 e. The molecule has 0 saturated carbocycles. The maximum atomic E-state index is 8.98. The quantitative estimate of drug-likeness (QED) is 0.863. The van der Waals surface area contributed by atoms with Crippen LogP contribution in [-0.2, 0) is 6.54 Å². The zero-order valence-corrected chi connectivity index (χ0v) is 12.7. The summed E-state index contributed by atoms with van der Waals surface area (Å²) in [5.41, 5.74) is 1.93. The predicted molar refractivity (Wildman–Crippen MR) is 85.3 cm³/mol. The van der Waals surface area contributed by atoms with Crippen LogP contribution < -0.4 is 4.90 Å². The summed E-state index contributed by atoms with van der Waals surface area (Å²) in [6, 6.07) is 12.5. The summed E-state index contributed by atoms with van der Waals surface area (Å²) in [6.07, 6.45) is 4.49. The van der Waals surface area contributed by atoms with Crippen molar-refractivity contribution in [3.8, 4) is 6.07 Å². The molecule has 0 spiro atoms. The Bertz CT molecular complexity index is 664. The summed E-state index contributed by atoms with van der Waals surface area (Å²) in [5.74, 6) is 0.966. The standard InChI is InChI=1S/C17H19N5/c1-21(17-5-7-19-13-20-17)16-6-8-22(12-16)11-15-4-2-3-14(9-15)10-18/h2-5,7,9,13,16H,6,8,11-12H2,1H3. The molecule has 1 aromatic heterocycles. The average Bonchev–Trinajstić information content (AvgIpc) is 3.03. The van der Waals surface area contributed by atoms with Gasteiger partial charge in [-0.05, 0) is 30.2 Å². The van der Waals surface area contributed by atoms with Crippen LogP contribution in [0.15, 0.2) is 42.9 Å². The zero-order valence-electron chi connectivity index (χ0n) is 12.7. The number of benzene rings is 1. The Kier molecular flexibility index (Phi) is 4.31. The van der Waals surface area contributed by atoms with Crippen LogP contribution in [0.1, 0.15) is 17.5 Å². The summed E-state index contributed by atoms with van der Waals surface area (Å²) >= 11 is 0. The van der Waals surface area contributed by atoms with Crippen molar-refractivity contribution in [2.45, 2.75) is 19.0 Å². The Hall–Kier alpha value is -2.45. The van der Waals surface area contributed by atoms with Crippen molar-refractivity contribution in [1.82, 2.24) is 14.9 Å². The lowest BCUT2D eigenvalue weighted by Crippen LogP contribution is -2.34. The highest BCUT2D eigenvalue weighted by molar-refractivity contribution is 5.37. The van der Waals surface area contributed by atoms with E-state index in [4.69, 9.17) is 5.26 Å². The van der Waals surface area contributed by atoms with E-state index in [-0.39, 0.29) is 0 Å². The zero-order chi connectivity index (χ0) is 15.4. The molecule has 1 aromatic carbocycles. The Morgan fingerprint density at radius 2 is 2.32 bits per heavy atom. The largest absolute Gasteiger partial charge is 0.355 e. The predicted octanol–water partition coefficient (Wildman–Crippen LogP) is 2.06. The van der Waals surface area contributed by atoms with E-state index in [2.05, 4.69) is 39.0 Å². The van der Waals surface area contributed by atoms with Crippen LogP contribution in [0.3, 0.4) is 0 Å². The van der Waals surface area contributed by atoms with Crippen LogP contribution >= 0.6 is 0 Å². The van der Waals surface area contributed by atoms with Crippen LogP contribution in [0, 0.1) is 11.3 Å². The Labute approximate surface area is 130 Å². The molecule has 0 radical (unpaired) electrons. The second-order valence-corrected chi connectivity index (χ2v) is 5.67. The number of anilines is 1. The summed E-state index contributed by atoms with van der Waals surface area (Å²) < 4.78 is 0. The fourth-order valence-corrected chi connectivity index (χ4v) is 2.95. The Balaban J connectivity index is 1.61. The van der Waals surface area contributed by atoms with Gasteiger partial charge < -0.3 is 4.90 Å². The van der Waals surface area contributed by atoms with Crippen molar-refractivity contribution in [1.29, 1.82) is 5.26 Å². The third-order valence-corrected chi connectivity index (χ3v) is 4.19. The van der Waals surface area contributed by atoms with Crippen molar-refractivity contribution in [3.63, 3.8) is 0 Å². The van der Waals surface area contributed by atoms with Crippen molar-refractivity contribution >= 4 is 5.82 Å². The number of likely N-dealkylation sites (tertiary alicyclic amines) is 1. The molecule has 3 rings (SSSR count). The molecule has 0 bridgehead atoms.